The van der Waals surface area contributed by atoms with Gasteiger partial charge in [-0.2, -0.15) is 5.10 Å². The Kier molecular flexibility index (Phi) is 5.09. The monoisotopic (exact) mass is 289 g/mol. The van der Waals surface area contributed by atoms with Crippen LogP contribution < -0.4 is 14.8 Å². The minimum absolute atomic E-state index is 0.624. The third-order valence-corrected chi connectivity index (χ3v) is 3.27. The van der Waals surface area contributed by atoms with Gasteiger partial charge in [0.2, 0.25) is 0 Å². The molecular weight excluding hydrogens is 266 g/mol. The molecule has 5 nitrogen and oxygen atoms in total. The van der Waals surface area contributed by atoms with E-state index in [-0.39, 0.29) is 0 Å². The quantitative estimate of drug-likeness (QED) is 0.851. The second kappa shape index (κ2) is 7.02. The first-order valence-electron chi connectivity index (χ1n) is 7.24. The summed E-state index contributed by atoms with van der Waals surface area (Å²) in [6.45, 7) is 5.44. The van der Waals surface area contributed by atoms with E-state index in [0.717, 1.165) is 35.8 Å². The van der Waals surface area contributed by atoms with Crippen LogP contribution in [-0.4, -0.2) is 23.5 Å². The lowest BCUT2D eigenvalue weighted by Crippen LogP contribution is -2.02. The molecule has 0 fully saturated rings. The molecule has 0 aliphatic rings. The van der Waals surface area contributed by atoms with Gasteiger partial charge in [0.25, 0.3) is 0 Å². The number of nitrogens with one attached hydrogen (secondary N) is 1. The first kappa shape index (κ1) is 15.2. The molecule has 21 heavy (non-hydrogen) atoms. The molecule has 1 aromatic carbocycles. The van der Waals surface area contributed by atoms with E-state index in [1.165, 1.54) is 5.56 Å². The molecule has 1 aromatic heterocycles. The van der Waals surface area contributed by atoms with Crippen LogP contribution in [0.15, 0.2) is 24.4 Å². The van der Waals surface area contributed by atoms with Crippen molar-refractivity contribution in [2.75, 3.05) is 19.0 Å². The average molecular weight is 289 g/mol. The van der Waals surface area contributed by atoms with Gasteiger partial charge in [-0.1, -0.05) is 6.92 Å². The number of nitrogens with zero attached hydrogens (tertiary/aromatic N) is 2. The summed E-state index contributed by atoms with van der Waals surface area (Å²) in [4.78, 5) is 0. The van der Waals surface area contributed by atoms with Gasteiger partial charge in [-0.15, -0.1) is 0 Å². The van der Waals surface area contributed by atoms with Gasteiger partial charge in [0.15, 0.2) is 11.5 Å². The van der Waals surface area contributed by atoms with E-state index in [0.29, 0.717) is 6.61 Å². The van der Waals surface area contributed by atoms with Crippen molar-refractivity contribution < 1.29 is 9.47 Å². The minimum Gasteiger partial charge on any atom is -0.493 e. The van der Waals surface area contributed by atoms with Gasteiger partial charge in [0.05, 0.1) is 19.4 Å². The highest BCUT2D eigenvalue weighted by atomic mass is 16.5. The van der Waals surface area contributed by atoms with Crippen molar-refractivity contribution in [3.63, 3.8) is 0 Å². The van der Waals surface area contributed by atoms with E-state index in [4.69, 9.17) is 9.47 Å². The maximum absolute atomic E-state index is 5.52. The standard InChI is InChI=1S/C16H23N3O2/c1-5-14-12(11-19(3)18-14)10-17-13-7-8-15(21-6-2)16(9-13)20-4/h7-9,11,17H,5-6,10H2,1-4H3. The van der Waals surface area contributed by atoms with Crippen molar-refractivity contribution in [2.24, 2.45) is 7.05 Å². The third kappa shape index (κ3) is 3.68. The summed E-state index contributed by atoms with van der Waals surface area (Å²) in [5.41, 5.74) is 3.34. The zero-order valence-electron chi connectivity index (χ0n) is 13.1. The highest BCUT2D eigenvalue weighted by Crippen LogP contribution is 2.30. The van der Waals surface area contributed by atoms with Gasteiger partial charge >= 0.3 is 0 Å². The number of anilines is 1. The largest absolute Gasteiger partial charge is 0.493 e. The summed E-state index contributed by atoms with van der Waals surface area (Å²) in [6, 6.07) is 5.87. The fourth-order valence-electron chi connectivity index (χ4n) is 2.28. The Bertz CT molecular complexity index is 593. The lowest BCUT2D eigenvalue weighted by Gasteiger charge is -2.12. The Labute approximate surface area is 125 Å². The Hall–Kier alpha value is -2.17. The second-order valence-electron chi connectivity index (χ2n) is 4.78. The molecule has 0 radical (unpaired) electrons. The zero-order chi connectivity index (χ0) is 15.2. The maximum atomic E-state index is 5.52. The smallest absolute Gasteiger partial charge is 0.162 e. The highest BCUT2D eigenvalue weighted by molar-refractivity contribution is 5.55. The first-order valence-corrected chi connectivity index (χ1v) is 7.24. The van der Waals surface area contributed by atoms with Crippen molar-refractivity contribution in [1.29, 1.82) is 0 Å². The Morgan fingerprint density at radius 3 is 2.71 bits per heavy atom. The summed E-state index contributed by atoms with van der Waals surface area (Å²) in [6.07, 6.45) is 2.99. The summed E-state index contributed by atoms with van der Waals surface area (Å²) >= 11 is 0. The minimum atomic E-state index is 0.624. The van der Waals surface area contributed by atoms with E-state index in [9.17, 15) is 0 Å². The van der Waals surface area contributed by atoms with Gasteiger partial charge in [0.1, 0.15) is 0 Å². The fraction of sp³-hybridized carbons (Fsp3) is 0.438. The zero-order valence-corrected chi connectivity index (χ0v) is 13.1. The van der Waals surface area contributed by atoms with Crippen molar-refractivity contribution in [3.8, 4) is 11.5 Å². The molecule has 0 atom stereocenters. The molecule has 0 saturated heterocycles. The predicted molar refractivity (Wildman–Crippen MR) is 84.1 cm³/mol. The lowest BCUT2D eigenvalue weighted by molar-refractivity contribution is 0.311. The van der Waals surface area contributed by atoms with Crippen LogP contribution in [0.5, 0.6) is 11.5 Å². The van der Waals surface area contributed by atoms with Crippen LogP contribution in [0.1, 0.15) is 25.1 Å². The van der Waals surface area contributed by atoms with Crippen LogP contribution >= 0.6 is 0 Å². The number of methoxy groups -OCH3 is 1. The Morgan fingerprint density at radius 2 is 2.05 bits per heavy atom. The van der Waals surface area contributed by atoms with Crippen molar-refractivity contribution in [3.05, 3.63) is 35.7 Å². The molecule has 5 heteroatoms. The number of hydrogen-bond donors (Lipinski definition) is 1. The fourth-order valence-corrected chi connectivity index (χ4v) is 2.28. The summed E-state index contributed by atoms with van der Waals surface area (Å²) in [7, 11) is 3.60. The van der Waals surface area contributed by atoms with Crippen LogP contribution in [0, 0.1) is 0 Å². The number of hydrogen-bond acceptors (Lipinski definition) is 4. The predicted octanol–water partition coefficient (Wildman–Crippen LogP) is 3.00. The van der Waals surface area contributed by atoms with Gasteiger partial charge < -0.3 is 14.8 Å². The molecule has 0 spiro atoms. The maximum Gasteiger partial charge on any atom is 0.162 e. The first-order chi connectivity index (χ1) is 10.2. The normalized spacial score (nSPS) is 10.5. The number of aromatic nitrogens is 2. The van der Waals surface area contributed by atoms with Gasteiger partial charge in [-0.25, -0.2) is 0 Å². The van der Waals surface area contributed by atoms with Crippen LogP contribution in [-0.2, 0) is 20.0 Å². The van der Waals surface area contributed by atoms with Gasteiger partial charge in [-0.05, 0) is 25.5 Å². The van der Waals surface area contributed by atoms with E-state index >= 15 is 0 Å². The molecule has 1 heterocycles. The Morgan fingerprint density at radius 1 is 1.24 bits per heavy atom. The van der Waals surface area contributed by atoms with Crippen molar-refractivity contribution in [1.82, 2.24) is 9.78 Å². The molecule has 2 aromatic rings. The molecule has 0 saturated carbocycles. The van der Waals surface area contributed by atoms with Gasteiger partial charge in [-0.3, -0.25) is 4.68 Å². The van der Waals surface area contributed by atoms with Gasteiger partial charge in [0, 0.05) is 37.1 Å². The molecule has 114 valence electrons. The molecule has 0 unspecified atom stereocenters. The molecule has 2 rings (SSSR count). The van der Waals surface area contributed by atoms with Crippen LogP contribution in [0.3, 0.4) is 0 Å². The average Bonchev–Trinajstić information content (AvgIpc) is 2.86. The summed E-state index contributed by atoms with van der Waals surface area (Å²) < 4.78 is 12.7. The molecule has 0 bridgehead atoms. The highest BCUT2D eigenvalue weighted by Gasteiger charge is 2.08. The number of benzene rings is 1. The summed E-state index contributed by atoms with van der Waals surface area (Å²) in [5.74, 6) is 1.50. The molecule has 0 aliphatic heterocycles. The number of ether oxygens (including phenoxy) is 2. The molecule has 1 N–H and O–H groups in total. The van der Waals surface area contributed by atoms with E-state index in [2.05, 4.69) is 23.5 Å². The SMILES string of the molecule is CCOc1ccc(NCc2cn(C)nc2CC)cc1OC. The molecule has 0 aliphatic carbocycles. The van der Waals surface area contributed by atoms with E-state index < -0.39 is 0 Å². The van der Waals surface area contributed by atoms with E-state index in [1.807, 2.05) is 36.9 Å². The summed E-state index contributed by atoms with van der Waals surface area (Å²) in [5, 5.41) is 7.85. The van der Waals surface area contributed by atoms with Crippen LogP contribution in [0.2, 0.25) is 0 Å². The molecular formula is C16H23N3O2. The van der Waals surface area contributed by atoms with E-state index in [1.54, 1.807) is 7.11 Å². The van der Waals surface area contributed by atoms with Crippen molar-refractivity contribution in [2.45, 2.75) is 26.8 Å². The Balaban J connectivity index is 2.09. The lowest BCUT2D eigenvalue weighted by atomic mass is 10.2. The van der Waals surface area contributed by atoms with Crippen LogP contribution in [0.4, 0.5) is 5.69 Å². The topological polar surface area (TPSA) is 48.3 Å². The van der Waals surface area contributed by atoms with Crippen LogP contribution in [0.25, 0.3) is 0 Å². The van der Waals surface area contributed by atoms with Crippen molar-refractivity contribution >= 4 is 5.69 Å². The third-order valence-electron chi connectivity index (χ3n) is 3.27. The molecule has 0 amide bonds. The second-order valence-corrected chi connectivity index (χ2v) is 4.78. The number of rotatable bonds is 7. The number of aryl methyl sites for hydroxylation is 2.